The maximum absolute atomic E-state index is 10.4. The highest BCUT2D eigenvalue weighted by Crippen LogP contribution is 2.49. The number of aldehydes is 1. The van der Waals surface area contributed by atoms with Gasteiger partial charge in [0.25, 0.3) is 0 Å². The van der Waals surface area contributed by atoms with Crippen LogP contribution < -0.4 is 0 Å². The van der Waals surface area contributed by atoms with Crippen molar-refractivity contribution in [3.63, 3.8) is 0 Å². The van der Waals surface area contributed by atoms with Gasteiger partial charge in [-0.25, -0.2) is 0 Å². The first kappa shape index (κ1) is 16.7. The predicted octanol–water partition coefficient (Wildman–Crippen LogP) is 5.86. The van der Waals surface area contributed by atoms with Crippen LogP contribution in [0.25, 0.3) is 0 Å². The van der Waals surface area contributed by atoms with E-state index in [1.54, 1.807) is 17.2 Å². The molecule has 0 aliphatic heterocycles. The highest BCUT2D eigenvalue weighted by Gasteiger charge is 2.34. The number of carbonyl (C=O) groups excluding carboxylic acids is 1. The van der Waals surface area contributed by atoms with E-state index >= 15 is 0 Å². The zero-order valence-electron chi connectivity index (χ0n) is 14.4. The van der Waals surface area contributed by atoms with Gasteiger partial charge >= 0.3 is 0 Å². The molecular weight excluding hydrogens is 268 g/mol. The monoisotopic (exact) mass is 296 g/mol. The van der Waals surface area contributed by atoms with Crippen molar-refractivity contribution in [3.8, 4) is 0 Å². The number of carbonyl (C=O) groups is 1. The summed E-state index contributed by atoms with van der Waals surface area (Å²) in [5, 5.41) is 0. The van der Waals surface area contributed by atoms with Crippen LogP contribution in [0.4, 0.5) is 0 Å². The van der Waals surface area contributed by atoms with Crippen molar-refractivity contribution in [2.75, 3.05) is 0 Å². The molecule has 0 amide bonds. The van der Waals surface area contributed by atoms with E-state index in [-0.39, 0.29) is 0 Å². The van der Waals surface area contributed by atoms with Crippen LogP contribution >= 0.6 is 0 Å². The maximum Gasteiger partial charge on any atom is 0.143 e. The topological polar surface area (TPSA) is 17.1 Å². The second kappa shape index (κ2) is 7.09. The van der Waals surface area contributed by atoms with Crippen molar-refractivity contribution in [3.05, 3.63) is 58.2 Å². The van der Waals surface area contributed by atoms with E-state index in [1.807, 2.05) is 19.1 Å². The fraction of sp³-hybridized carbons (Fsp3) is 0.476. The lowest BCUT2D eigenvalue weighted by atomic mass is 9.65. The molecule has 2 aliphatic rings. The van der Waals surface area contributed by atoms with E-state index in [9.17, 15) is 4.79 Å². The van der Waals surface area contributed by atoms with Crippen LogP contribution in [-0.4, -0.2) is 6.29 Å². The minimum absolute atomic E-state index is 0.408. The van der Waals surface area contributed by atoms with Gasteiger partial charge in [-0.3, -0.25) is 4.79 Å². The lowest BCUT2D eigenvalue weighted by Crippen LogP contribution is -2.26. The van der Waals surface area contributed by atoms with Crippen LogP contribution in [0.1, 0.15) is 59.8 Å². The summed E-state index contributed by atoms with van der Waals surface area (Å²) in [6.07, 6.45) is 17.4. The molecule has 0 radical (unpaired) electrons. The first-order valence-electron chi connectivity index (χ1n) is 8.34. The van der Waals surface area contributed by atoms with Gasteiger partial charge in [-0.1, -0.05) is 36.8 Å². The second-order valence-electron chi connectivity index (χ2n) is 7.03. The Kier molecular flexibility index (Phi) is 5.39. The Morgan fingerprint density at radius 1 is 1.18 bits per heavy atom. The first-order chi connectivity index (χ1) is 10.5. The molecule has 0 saturated heterocycles. The molecular formula is C21H28O. The smallest absolute Gasteiger partial charge is 0.143 e. The summed E-state index contributed by atoms with van der Waals surface area (Å²) in [5.41, 5.74) is 7.37. The van der Waals surface area contributed by atoms with Crippen molar-refractivity contribution < 1.29 is 4.79 Å². The molecule has 22 heavy (non-hydrogen) atoms. The van der Waals surface area contributed by atoms with Gasteiger partial charge in [0.1, 0.15) is 6.29 Å². The molecule has 0 aromatic carbocycles. The normalized spacial score (nSPS) is 27.0. The molecule has 0 bridgehead atoms. The van der Waals surface area contributed by atoms with Gasteiger partial charge in [0, 0.05) is 0 Å². The Morgan fingerprint density at radius 3 is 2.68 bits per heavy atom. The summed E-state index contributed by atoms with van der Waals surface area (Å²) >= 11 is 0. The van der Waals surface area contributed by atoms with Crippen LogP contribution in [0.15, 0.2) is 58.2 Å². The van der Waals surface area contributed by atoms with Gasteiger partial charge in [0.2, 0.25) is 0 Å². The summed E-state index contributed by atoms with van der Waals surface area (Å²) in [6.45, 7) is 8.87. The third kappa shape index (κ3) is 3.76. The van der Waals surface area contributed by atoms with Crippen LogP contribution in [0.3, 0.4) is 0 Å². The van der Waals surface area contributed by atoms with Crippen molar-refractivity contribution in [1.29, 1.82) is 0 Å². The Balaban J connectivity index is 2.21. The highest BCUT2D eigenvalue weighted by atomic mass is 16.1. The third-order valence-corrected chi connectivity index (χ3v) is 5.20. The van der Waals surface area contributed by atoms with E-state index in [1.165, 1.54) is 43.3 Å². The van der Waals surface area contributed by atoms with E-state index in [0.717, 1.165) is 11.9 Å². The maximum atomic E-state index is 10.4. The molecule has 2 aliphatic carbocycles. The molecule has 118 valence electrons. The van der Waals surface area contributed by atoms with Crippen LogP contribution in [0, 0.1) is 5.41 Å². The molecule has 0 N–H and O–H groups in total. The Bertz CT molecular complexity index is 595. The fourth-order valence-electron chi connectivity index (χ4n) is 3.67. The molecule has 1 nitrogen and oxygen atoms in total. The number of hydrogen-bond donors (Lipinski definition) is 0. The minimum Gasteiger partial charge on any atom is -0.299 e. The molecule has 0 aromatic rings. The van der Waals surface area contributed by atoms with Gasteiger partial charge in [0.15, 0.2) is 0 Å². The molecule has 1 unspecified atom stereocenters. The highest BCUT2D eigenvalue weighted by molar-refractivity contribution is 5.67. The number of fused-ring (bicyclic) bond motifs is 1. The van der Waals surface area contributed by atoms with Crippen molar-refractivity contribution in [1.82, 2.24) is 0 Å². The van der Waals surface area contributed by atoms with Crippen molar-refractivity contribution in [2.24, 2.45) is 5.41 Å². The molecule has 0 aromatic heterocycles. The average molecular weight is 296 g/mol. The summed E-state index contributed by atoms with van der Waals surface area (Å²) in [4.78, 5) is 10.4. The summed E-state index contributed by atoms with van der Waals surface area (Å²) in [6, 6.07) is 0. The van der Waals surface area contributed by atoms with E-state index in [0.29, 0.717) is 5.41 Å². The van der Waals surface area contributed by atoms with Gasteiger partial charge in [0.05, 0.1) is 0 Å². The molecule has 1 heteroatoms. The quantitative estimate of drug-likeness (QED) is 0.361. The fourth-order valence-corrected chi connectivity index (χ4v) is 3.67. The summed E-state index contributed by atoms with van der Waals surface area (Å²) < 4.78 is 0. The molecule has 0 heterocycles. The predicted molar refractivity (Wildman–Crippen MR) is 94.7 cm³/mol. The van der Waals surface area contributed by atoms with E-state index in [4.69, 9.17) is 0 Å². The SMILES string of the molecule is CC1=C2C=C(/C(C)=C/C=C/C(C)=C/C=O)CCC2(C)CCC1. The van der Waals surface area contributed by atoms with Gasteiger partial charge in [-0.2, -0.15) is 0 Å². The largest absolute Gasteiger partial charge is 0.299 e. The molecule has 0 saturated carbocycles. The Morgan fingerprint density at radius 2 is 1.95 bits per heavy atom. The first-order valence-corrected chi connectivity index (χ1v) is 8.34. The minimum atomic E-state index is 0.408. The second-order valence-corrected chi connectivity index (χ2v) is 7.03. The summed E-state index contributed by atoms with van der Waals surface area (Å²) in [5.74, 6) is 0. The molecule has 0 spiro atoms. The third-order valence-electron chi connectivity index (χ3n) is 5.20. The van der Waals surface area contributed by atoms with Crippen LogP contribution in [-0.2, 0) is 4.79 Å². The zero-order chi connectivity index (χ0) is 16.2. The van der Waals surface area contributed by atoms with Crippen molar-refractivity contribution in [2.45, 2.75) is 59.8 Å². The Hall–Kier alpha value is -1.63. The van der Waals surface area contributed by atoms with Crippen LogP contribution in [0.5, 0.6) is 0 Å². The van der Waals surface area contributed by atoms with Gasteiger partial charge in [-0.05, 0) is 86.7 Å². The zero-order valence-corrected chi connectivity index (χ0v) is 14.4. The molecule has 0 fully saturated rings. The van der Waals surface area contributed by atoms with E-state index in [2.05, 4.69) is 32.9 Å². The van der Waals surface area contributed by atoms with Crippen LogP contribution in [0.2, 0.25) is 0 Å². The number of allylic oxidation sites excluding steroid dienone is 10. The number of hydrogen-bond acceptors (Lipinski definition) is 1. The Labute approximate surface area is 135 Å². The van der Waals surface area contributed by atoms with E-state index < -0.39 is 0 Å². The van der Waals surface area contributed by atoms with Crippen molar-refractivity contribution >= 4 is 6.29 Å². The lowest BCUT2D eigenvalue weighted by molar-refractivity contribution is -0.104. The van der Waals surface area contributed by atoms with Gasteiger partial charge in [-0.15, -0.1) is 0 Å². The summed E-state index contributed by atoms with van der Waals surface area (Å²) in [7, 11) is 0. The van der Waals surface area contributed by atoms with Gasteiger partial charge < -0.3 is 0 Å². The molecule has 2 rings (SSSR count). The average Bonchev–Trinajstić information content (AvgIpc) is 2.47. The number of rotatable bonds is 4. The standard InChI is InChI=1S/C21H28O/c1-16(11-14-22)7-5-8-17(2)19-10-13-21(4)12-6-9-18(3)20(21)15-19/h5,7-8,11,14-15H,6,9-10,12-13H2,1-4H3/b7-5+,16-11+,17-8+. The molecule has 1 atom stereocenters. The lowest BCUT2D eigenvalue weighted by Gasteiger charge is -2.40.